The van der Waals surface area contributed by atoms with Crippen LogP contribution in [0.1, 0.15) is 85.5 Å². The van der Waals surface area contributed by atoms with Crippen LogP contribution in [-0.4, -0.2) is 326 Å². The van der Waals surface area contributed by atoms with E-state index in [4.69, 9.17) is 15.3 Å². The van der Waals surface area contributed by atoms with Crippen LogP contribution in [0.15, 0.2) is 57.5 Å². The van der Waals surface area contributed by atoms with E-state index in [1.807, 2.05) is 28.8 Å². The fourth-order valence-corrected chi connectivity index (χ4v) is 13.9. The Balaban J connectivity index is 0.00000101. The molecule has 4 aromatic rings. The van der Waals surface area contributed by atoms with Gasteiger partial charge in [0.05, 0.1) is 82.4 Å². The summed E-state index contributed by atoms with van der Waals surface area (Å²) in [6.07, 6.45) is -0.705. The molecule has 4 rings (SSSR count). The number of rotatable bonds is 64. The molecular weight excluding hydrogens is 2400 g/mol. The summed E-state index contributed by atoms with van der Waals surface area (Å²) >= 11 is 5.90. The van der Waals surface area contributed by atoms with Gasteiger partial charge in [0.1, 0.15) is 38.0 Å². The summed E-state index contributed by atoms with van der Waals surface area (Å²) in [5, 5.41) is 36.4. The van der Waals surface area contributed by atoms with Crippen molar-refractivity contribution in [2.24, 2.45) is 0 Å². The molecule has 0 spiro atoms. The summed E-state index contributed by atoms with van der Waals surface area (Å²) in [7, 11) is 1.86. The molecule has 72 heteroatoms. The molecule has 0 aromatic carbocycles. The zero-order valence-electron chi connectivity index (χ0n) is 80.0. The van der Waals surface area contributed by atoms with Gasteiger partial charge in [-0.25, -0.2) is 112 Å². The molecule has 4 N–H and O–H groups in total. The molecule has 0 bridgehead atoms. The van der Waals surface area contributed by atoms with E-state index in [9.17, 15) is 206 Å². The van der Waals surface area contributed by atoms with Gasteiger partial charge in [0.15, 0.2) is 26.4 Å². The summed E-state index contributed by atoms with van der Waals surface area (Å²) in [5.41, 5.74) is -13.1. The minimum absolute atomic E-state index is 0.0283. The molecule has 0 saturated heterocycles. The van der Waals surface area contributed by atoms with E-state index in [-0.39, 0.29) is 73.2 Å². The first-order valence-electron chi connectivity index (χ1n) is 43.1. The van der Waals surface area contributed by atoms with E-state index in [0.29, 0.717) is 73.9 Å². The lowest BCUT2D eigenvalue weighted by atomic mass is 9.99. The maximum absolute atomic E-state index is 14.0. The molecule has 42 nitrogen and oxygen atoms in total. The van der Waals surface area contributed by atoms with Gasteiger partial charge < -0.3 is 58.3 Å². The predicted octanol–water partition coefficient (Wildman–Crippen LogP) is 3.48. The lowest BCUT2D eigenvalue weighted by Gasteiger charge is -2.36. The van der Waals surface area contributed by atoms with Crippen molar-refractivity contribution in [3.8, 4) is 0 Å². The molecule has 0 fully saturated rings. The third kappa shape index (κ3) is 36.5. The average molecular weight is 2500 g/mol. The Bertz CT molecular complexity index is 5930. The Morgan fingerprint density at radius 3 is 0.827 bits per heavy atom. The highest BCUT2D eigenvalue weighted by Crippen LogP contribution is 2.55. The van der Waals surface area contributed by atoms with Gasteiger partial charge in [0.25, 0.3) is 0 Å². The zero-order chi connectivity index (χ0) is 116. The Labute approximate surface area is 861 Å². The highest BCUT2D eigenvalue weighted by atomic mass is 127. The minimum Gasteiger partial charge on any atom is -0.459 e. The summed E-state index contributed by atoms with van der Waals surface area (Å²) < 4.78 is 393. The number of hydrogen-bond acceptors (Lipinski definition) is 32. The second-order valence-electron chi connectivity index (χ2n) is 31.4. The standard InChI is InChI=1S/C24H33F8N3O8S2.C19H25F8I2N3O6.C18H23F6N3O8.C17H23F4N3O8/c1-3-16(37)42-14-21(25,26)23(29,30)24(31,32)22(27,28)15-43-17(38)6-13-45-12-5-8-34-18(39)33(7-4-11-44-2)19(40)35(9-10-36)20(34)41;1-3-11(28)6-31-13(34)30(4-5-33)14(35)32(15(31)36)7-12(29)8-38-10-17(22,23)19(26,27)18(24,25)16(20,21)9-37-2;1-11(29)3-5-25-13(31)26(15(33)27(7-8-28)14(25)32)6-4-12(30)35-10-17(21,22)18(23,24)16(19,20)9-34-2;1-11(26)3-5-22-13(28)23(15(30)24(7-8-25)14(22)29)6-4-12(27)32-10-17(20,21)16(18,19)9-31-2/h36H,3-15H2,1-2H3;11-12,33H,3-10H2,1-2H3;28H,3-10H2,1-2H3;25H,3-10H2,1-2H3. The maximum Gasteiger partial charge on any atom is 0.381 e. The van der Waals surface area contributed by atoms with Crippen molar-refractivity contribution in [3.63, 3.8) is 0 Å². The van der Waals surface area contributed by atoms with E-state index in [2.05, 4.69) is 37.9 Å². The number of aromatic nitrogens is 12. The average Bonchev–Trinajstić information content (AvgIpc) is 0.737. The number of methoxy groups -OCH3 is 3. The third-order valence-electron chi connectivity index (χ3n) is 19.9. The van der Waals surface area contributed by atoms with Crippen molar-refractivity contribution in [1.82, 2.24) is 54.8 Å². The van der Waals surface area contributed by atoms with Crippen LogP contribution in [0.4, 0.5) is 114 Å². The first-order chi connectivity index (χ1) is 69.0. The maximum atomic E-state index is 14.0. The van der Waals surface area contributed by atoms with Crippen LogP contribution < -0.4 is 68.3 Å². The molecule has 2 unspecified atom stereocenters. The van der Waals surface area contributed by atoms with Crippen LogP contribution in [0.25, 0.3) is 0 Å². The Kier molecular flexibility index (Phi) is 55.6. The van der Waals surface area contributed by atoms with E-state index >= 15 is 0 Å². The number of nitrogens with zero attached hydrogens (tertiary/aromatic N) is 12. The summed E-state index contributed by atoms with van der Waals surface area (Å²) in [6, 6.07) is 0. The Morgan fingerprint density at radius 2 is 0.527 bits per heavy atom. The van der Waals surface area contributed by atoms with E-state index in [1.54, 1.807) is 6.92 Å². The lowest BCUT2D eigenvalue weighted by molar-refractivity contribution is -0.376. The summed E-state index contributed by atoms with van der Waals surface area (Å²) in [6.45, 7) is -21.4. The van der Waals surface area contributed by atoms with Gasteiger partial charge >= 0.3 is 169 Å². The third-order valence-corrected chi connectivity index (χ3v) is 23.7. The highest BCUT2D eigenvalue weighted by molar-refractivity contribution is 14.1. The molecule has 864 valence electrons. The summed E-state index contributed by atoms with van der Waals surface area (Å²) in [4.78, 5) is 219. The number of ether oxygens (including phenoxy) is 8. The largest absolute Gasteiger partial charge is 0.459 e. The van der Waals surface area contributed by atoms with Crippen LogP contribution in [-0.2, 0) is 145 Å². The number of carbonyl (C=O) groups excluding carboxylic acids is 6. The number of carbonyl (C=O) groups is 6. The minimum atomic E-state index is -6.72. The quantitative estimate of drug-likeness (QED) is 0.0123. The number of esters is 4. The van der Waals surface area contributed by atoms with Gasteiger partial charge in [0, 0.05) is 103 Å². The fraction of sp³-hybridized carbons (Fsp3) is 0.769. The van der Waals surface area contributed by atoms with Crippen molar-refractivity contribution in [2.45, 2.75) is 249 Å². The molecule has 4 aromatic heterocycles. The van der Waals surface area contributed by atoms with Crippen LogP contribution in [0, 0.1) is 0 Å². The van der Waals surface area contributed by atoms with E-state index in [1.165, 1.54) is 41.3 Å². The summed E-state index contributed by atoms with van der Waals surface area (Å²) in [5.74, 6) is -82.0. The van der Waals surface area contributed by atoms with E-state index < -0.39 is 336 Å². The molecule has 0 radical (unpaired) electrons. The second-order valence-corrected chi connectivity index (χ2v) is 37.1. The number of thioether (sulfide) groups is 2. The number of aliphatic hydroxyl groups excluding tert-OH is 4. The molecule has 0 aliphatic heterocycles. The highest BCUT2D eigenvalue weighted by Gasteiger charge is 2.82. The van der Waals surface area contributed by atoms with Crippen molar-refractivity contribution in [1.29, 1.82) is 0 Å². The molecule has 0 saturated carbocycles. The zero-order valence-corrected chi connectivity index (χ0v) is 85.9. The SMILES string of the molecule is CCC(=O)OCC(F)(F)C(F)(F)C(F)(F)C(F)(F)COC(=O)CCSCCCn1c(=O)n(CCO)c(=O)n(CCCSC)c1=O.CCC(I)Cn1c(=O)n(CCO)c(=O)n(CC(I)COCC(F)(F)C(F)(F)C(F)(F)C(F)(F)COC)c1=O.COCC(F)(F)C(F)(F)C(F)(F)COC(=O)CCn1c(=O)n(CCO)c(=O)n(CCC(C)=O)c1=O.COCC(F)(F)C(F)(F)COC(=O)CCn1c(=O)n(CCO)c(=O)n(CCC(C)=O)c1=O. The predicted molar refractivity (Wildman–Crippen MR) is 485 cm³/mol. The van der Waals surface area contributed by atoms with Gasteiger partial charge in [-0.3, -0.25) is 28.8 Å². The monoisotopic (exact) mass is 2500 g/mol. The van der Waals surface area contributed by atoms with Crippen LogP contribution in [0.2, 0.25) is 0 Å². The molecule has 4 heterocycles. The van der Waals surface area contributed by atoms with Gasteiger partial charge in [-0.2, -0.15) is 138 Å². The van der Waals surface area contributed by atoms with Crippen LogP contribution in [0.5, 0.6) is 0 Å². The second kappa shape index (κ2) is 60.1. The van der Waals surface area contributed by atoms with Crippen molar-refractivity contribution < 1.29 is 201 Å². The number of hydrogen-bond donors (Lipinski definition) is 4. The lowest BCUT2D eigenvalue weighted by Crippen LogP contribution is -2.64. The van der Waals surface area contributed by atoms with Gasteiger partial charge in [-0.1, -0.05) is 59.0 Å². The topological polar surface area (TPSA) is 521 Å². The smallest absolute Gasteiger partial charge is 0.381 e. The normalized spacial score (nSPS) is 13.2. The van der Waals surface area contributed by atoms with Crippen molar-refractivity contribution in [3.05, 3.63) is 126 Å². The first kappa shape index (κ1) is 139. The number of ketones is 2. The Hall–Kier alpha value is -9.12. The Morgan fingerprint density at radius 1 is 0.293 bits per heavy atom. The molecular formula is C78H104F26I2N12O30S2. The van der Waals surface area contributed by atoms with Gasteiger partial charge in [-0.15, -0.1) is 0 Å². The van der Waals surface area contributed by atoms with Crippen molar-refractivity contribution in [2.75, 3.05) is 131 Å². The fourth-order valence-electron chi connectivity index (χ4n) is 11.6. The van der Waals surface area contributed by atoms with Gasteiger partial charge in [0.2, 0.25) is 0 Å². The molecule has 150 heavy (non-hydrogen) atoms. The molecule has 0 aliphatic carbocycles. The number of alkyl halides is 28. The van der Waals surface area contributed by atoms with Gasteiger partial charge in [-0.05, 0) is 50.9 Å². The first-order valence-corrected chi connectivity index (χ1v) is 48.2. The van der Waals surface area contributed by atoms with Crippen molar-refractivity contribution >= 4 is 104 Å². The molecule has 0 amide bonds. The van der Waals surface area contributed by atoms with Crippen LogP contribution in [0.3, 0.4) is 0 Å². The van der Waals surface area contributed by atoms with Crippen LogP contribution >= 0.6 is 68.7 Å². The number of Topliss-reactive ketones (excluding diaryl/α,β-unsaturated/α-hetero) is 2. The van der Waals surface area contributed by atoms with E-state index in [0.717, 1.165) is 46.4 Å². The number of aliphatic hydroxyl groups is 4. The number of halogens is 28. The molecule has 0 aliphatic rings. The molecule has 2 atom stereocenters.